The van der Waals surface area contributed by atoms with Gasteiger partial charge in [0, 0.05) is 12.1 Å². The minimum atomic E-state index is -0.995. The van der Waals surface area contributed by atoms with Crippen LogP contribution in [0.5, 0.6) is 0 Å². The third kappa shape index (κ3) is 7.05. The molecular weight excluding hydrogens is 212 g/mol. The van der Waals surface area contributed by atoms with Crippen LogP contribution >= 0.6 is 0 Å². The van der Waals surface area contributed by atoms with Crippen LogP contribution in [0.4, 0.5) is 4.79 Å². The van der Waals surface area contributed by atoms with E-state index in [-0.39, 0.29) is 6.42 Å². The molecule has 0 aromatic heterocycles. The normalized spacial score (nSPS) is 15.1. The number of ether oxygens (including phenoxy) is 1. The van der Waals surface area contributed by atoms with E-state index in [2.05, 4.69) is 5.32 Å². The van der Waals surface area contributed by atoms with Gasteiger partial charge in [0.1, 0.15) is 5.60 Å². The van der Waals surface area contributed by atoms with E-state index in [4.69, 9.17) is 15.6 Å². The van der Waals surface area contributed by atoms with Crippen LogP contribution in [0.25, 0.3) is 0 Å². The summed E-state index contributed by atoms with van der Waals surface area (Å²) in [5.41, 5.74) is 5.00. The summed E-state index contributed by atoms with van der Waals surface area (Å²) in [5.74, 6) is -0.995. The molecule has 2 unspecified atom stereocenters. The van der Waals surface area contributed by atoms with Gasteiger partial charge in [-0.15, -0.1) is 0 Å². The van der Waals surface area contributed by atoms with E-state index in [1.54, 1.807) is 27.7 Å². The van der Waals surface area contributed by atoms with Gasteiger partial charge in [-0.25, -0.2) is 4.79 Å². The number of nitrogens with two attached hydrogens (primary N) is 1. The van der Waals surface area contributed by atoms with Crippen molar-refractivity contribution in [3.63, 3.8) is 0 Å². The summed E-state index contributed by atoms with van der Waals surface area (Å²) < 4.78 is 5.01. The fraction of sp³-hybridized carbons (Fsp3) is 0.800. The summed E-state index contributed by atoms with van der Waals surface area (Å²) in [6.45, 7) is 6.87. The average molecular weight is 232 g/mol. The molecule has 6 heteroatoms. The Balaban J connectivity index is 4.09. The van der Waals surface area contributed by atoms with Gasteiger partial charge in [0.15, 0.2) is 0 Å². The Kier molecular flexibility index (Phi) is 5.23. The molecule has 0 aliphatic rings. The van der Waals surface area contributed by atoms with Crippen LogP contribution < -0.4 is 11.1 Å². The lowest BCUT2D eigenvalue weighted by atomic mass is 10.1. The smallest absolute Gasteiger partial charge is 0.407 e. The number of carbonyl (C=O) groups is 2. The van der Waals surface area contributed by atoms with Crippen molar-refractivity contribution in [2.45, 2.75) is 51.8 Å². The van der Waals surface area contributed by atoms with E-state index < -0.39 is 29.7 Å². The predicted molar refractivity (Wildman–Crippen MR) is 59.1 cm³/mol. The van der Waals surface area contributed by atoms with E-state index in [0.29, 0.717) is 0 Å². The first kappa shape index (κ1) is 14.7. The molecule has 0 aliphatic heterocycles. The Hall–Kier alpha value is -1.30. The molecule has 0 aromatic rings. The molecule has 0 saturated heterocycles. The Morgan fingerprint density at radius 1 is 1.44 bits per heavy atom. The number of carboxylic acids is 1. The topological polar surface area (TPSA) is 102 Å². The number of amides is 1. The largest absolute Gasteiger partial charge is 0.481 e. The van der Waals surface area contributed by atoms with E-state index in [9.17, 15) is 9.59 Å². The molecule has 0 bridgehead atoms. The van der Waals surface area contributed by atoms with E-state index >= 15 is 0 Å². The summed E-state index contributed by atoms with van der Waals surface area (Å²) >= 11 is 0. The predicted octanol–water partition coefficient (Wildman–Crippen LogP) is 0.702. The van der Waals surface area contributed by atoms with E-state index in [0.717, 1.165) is 0 Å². The van der Waals surface area contributed by atoms with Gasteiger partial charge < -0.3 is 20.9 Å². The number of hydrogen-bond donors (Lipinski definition) is 3. The van der Waals surface area contributed by atoms with Crippen LogP contribution in [-0.4, -0.2) is 34.9 Å². The van der Waals surface area contributed by atoms with Crippen LogP contribution in [0.1, 0.15) is 34.1 Å². The molecule has 0 fully saturated rings. The molecule has 0 rings (SSSR count). The van der Waals surface area contributed by atoms with Crippen molar-refractivity contribution >= 4 is 12.1 Å². The SMILES string of the molecule is CC(NC(=O)OC(C)(C)C)C(N)CC(=O)O. The average Bonchev–Trinajstić information content (AvgIpc) is 1.98. The maximum absolute atomic E-state index is 11.3. The van der Waals surface area contributed by atoms with E-state index in [1.165, 1.54) is 0 Å². The summed E-state index contributed by atoms with van der Waals surface area (Å²) in [5, 5.41) is 11.0. The molecule has 94 valence electrons. The molecule has 0 aliphatic carbocycles. The van der Waals surface area contributed by atoms with Gasteiger partial charge in [0.2, 0.25) is 0 Å². The Bertz CT molecular complexity index is 260. The summed E-state index contributed by atoms with van der Waals surface area (Å²) in [4.78, 5) is 21.7. The Morgan fingerprint density at radius 2 is 1.94 bits per heavy atom. The van der Waals surface area contributed by atoms with Gasteiger partial charge in [0.25, 0.3) is 0 Å². The highest BCUT2D eigenvalue weighted by atomic mass is 16.6. The number of alkyl carbamates (subject to hydrolysis) is 1. The van der Waals surface area contributed by atoms with Gasteiger partial charge in [-0.2, -0.15) is 0 Å². The van der Waals surface area contributed by atoms with Crippen LogP contribution in [0.2, 0.25) is 0 Å². The zero-order valence-electron chi connectivity index (χ0n) is 10.1. The number of nitrogens with one attached hydrogen (secondary N) is 1. The van der Waals surface area contributed by atoms with Gasteiger partial charge >= 0.3 is 12.1 Å². The van der Waals surface area contributed by atoms with Gasteiger partial charge in [-0.05, 0) is 27.7 Å². The Labute approximate surface area is 95.1 Å². The van der Waals surface area contributed by atoms with Crippen molar-refractivity contribution in [3.8, 4) is 0 Å². The van der Waals surface area contributed by atoms with Crippen LogP contribution in [-0.2, 0) is 9.53 Å². The number of hydrogen-bond acceptors (Lipinski definition) is 4. The molecule has 1 amide bonds. The van der Waals surface area contributed by atoms with Crippen molar-refractivity contribution in [1.82, 2.24) is 5.32 Å². The third-order valence-corrected chi connectivity index (χ3v) is 1.80. The highest BCUT2D eigenvalue weighted by Crippen LogP contribution is 2.07. The van der Waals surface area contributed by atoms with Crippen molar-refractivity contribution in [2.24, 2.45) is 5.73 Å². The lowest BCUT2D eigenvalue weighted by molar-refractivity contribution is -0.137. The fourth-order valence-corrected chi connectivity index (χ4v) is 0.979. The third-order valence-electron chi connectivity index (χ3n) is 1.80. The molecule has 2 atom stereocenters. The zero-order valence-corrected chi connectivity index (χ0v) is 10.1. The van der Waals surface area contributed by atoms with E-state index in [1.807, 2.05) is 0 Å². The minimum Gasteiger partial charge on any atom is -0.481 e. The molecule has 6 nitrogen and oxygen atoms in total. The molecule has 0 radical (unpaired) electrons. The summed E-state index contributed by atoms with van der Waals surface area (Å²) in [6.07, 6.45) is -0.794. The molecule has 0 spiro atoms. The lowest BCUT2D eigenvalue weighted by Gasteiger charge is -2.24. The monoisotopic (exact) mass is 232 g/mol. The van der Waals surface area contributed by atoms with Crippen molar-refractivity contribution in [3.05, 3.63) is 0 Å². The molecule has 0 heterocycles. The lowest BCUT2D eigenvalue weighted by Crippen LogP contribution is -2.48. The Morgan fingerprint density at radius 3 is 2.31 bits per heavy atom. The molecule has 4 N–H and O–H groups in total. The quantitative estimate of drug-likeness (QED) is 0.662. The molecule has 0 aromatic carbocycles. The summed E-state index contributed by atoms with van der Waals surface area (Å²) in [7, 11) is 0. The van der Waals surface area contributed by atoms with Crippen molar-refractivity contribution < 1.29 is 19.4 Å². The minimum absolute atomic E-state index is 0.197. The first-order valence-corrected chi connectivity index (χ1v) is 5.08. The highest BCUT2D eigenvalue weighted by Gasteiger charge is 2.21. The number of rotatable bonds is 4. The number of carbonyl (C=O) groups excluding carboxylic acids is 1. The molecular formula is C10H20N2O4. The molecule has 0 saturated carbocycles. The zero-order chi connectivity index (χ0) is 12.9. The second-order valence-corrected chi connectivity index (χ2v) is 4.70. The number of aliphatic carboxylic acids is 1. The van der Waals surface area contributed by atoms with Crippen LogP contribution in [0.15, 0.2) is 0 Å². The van der Waals surface area contributed by atoms with Gasteiger partial charge in [-0.3, -0.25) is 4.79 Å². The summed E-state index contributed by atoms with van der Waals surface area (Å²) in [6, 6.07) is -1.09. The first-order valence-electron chi connectivity index (χ1n) is 5.08. The van der Waals surface area contributed by atoms with Crippen molar-refractivity contribution in [1.29, 1.82) is 0 Å². The standard InChI is InChI=1S/C10H20N2O4/c1-6(7(11)5-8(13)14)12-9(15)16-10(2,3)4/h6-7H,5,11H2,1-4H3,(H,12,15)(H,13,14). The second-order valence-electron chi connectivity index (χ2n) is 4.70. The maximum atomic E-state index is 11.3. The van der Waals surface area contributed by atoms with Gasteiger partial charge in [0.05, 0.1) is 6.42 Å². The maximum Gasteiger partial charge on any atom is 0.407 e. The van der Waals surface area contributed by atoms with Crippen LogP contribution in [0, 0.1) is 0 Å². The second kappa shape index (κ2) is 5.69. The molecule has 16 heavy (non-hydrogen) atoms. The van der Waals surface area contributed by atoms with Crippen molar-refractivity contribution in [2.75, 3.05) is 0 Å². The van der Waals surface area contributed by atoms with Crippen LogP contribution in [0.3, 0.4) is 0 Å². The highest BCUT2D eigenvalue weighted by molar-refractivity contribution is 5.69. The number of carboxylic acid groups (broad SMARTS) is 1. The first-order chi connectivity index (χ1) is 7.11. The fourth-order valence-electron chi connectivity index (χ4n) is 0.979. The van der Waals surface area contributed by atoms with Gasteiger partial charge in [-0.1, -0.05) is 0 Å².